The lowest BCUT2D eigenvalue weighted by Gasteiger charge is -2.23. The fraction of sp³-hybridized carbons (Fsp3) is 0.400. The molecule has 0 radical (unpaired) electrons. The van der Waals surface area contributed by atoms with Gasteiger partial charge in [0.1, 0.15) is 0 Å². The summed E-state index contributed by atoms with van der Waals surface area (Å²) in [6.07, 6.45) is 4.72. The summed E-state index contributed by atoms with van der Waals surface area (Å²) >= 11 is 0. The van der Waals surface area contributed by atoms with Crippen LogP contribution >= 0.6 is 0 Å². The Balaban J connectivity index is 2.13. The Hall–Kier alpha value is -2.22. The Bertz CT molecular complexity index is 730. The number of amides is 2. The molecule has 7 nitrogen and oxygen atoms in total. The third-order valence-corrected chi connectivity index (χ3v) is 5.48. The first-order valence-electron chi connectivity index (χ1n) is 7.16. The number of carbonyl (C=O) groups excluding carboxylic acids is 2. The standard InChI is InChI=1S/C15H19N3O4S/c1-3-5-17-14(19)11-7-12(9-16-8-11)15(20)18(2)13-4-6-23(21,22)10-13/h3,7-9,13H,1,4-6,10H2,2H3,(H,17,19). The molecule has 23 heavy (non-hydrogen) atoms. The molecule has 1 fully saturated rings. The van der Waals surface area contributed by atoms with Crippen molar-refractivity contribution in [1.82, 2.24) is 15.2 Å². The minimum absolute atomic E-state index is 0.0256. The lowest BCUT2D eigenvalue weighted by atomic mass is 10.1. The summed E-state index contributed by atoms with van der Waals surface area (Å²) in [5, 5.41) is 2.61. The van der Waals surface area contributed by atoms with Crippen molar-refractivity contribution in [2.24, 2.45) is 0 Å². The number of rotatable bonds is 5. The molecule has 1 aliphatic heterocycles. The predicted octanol–water partition coefficient (Wildman–Crippen LogP) is 0.256. The lowest BCUT2D eigenvalue weighted by Crippen LogP contribution is -2.38. The van der Waals surface area contributed by atoms with E-state index >= 15 is 0 Å². The molecule has 1 saturated heterocycles. The number of pyridine rings is 1. The molecule has 2 rings (SSSR count). The number of carbonyl (C=O) groups is 2. The van der Waals surface area contributed by atoms with Crippen LogP contribution in [0, 0.1) is 0 Å². The van der Waals surface area contributed by atoms with Gasteiger partial charge in [0.25, 0.3) is 11.8 Å². The minimum Gasteiger partial charge on any atom is -0.349 e. The molecule has 1 unspecified atom stereocenters. The van der Waals surface area contributed by atoms with Gasteiger partial charge in [0.2, 0.25) is 0 Å². The fourth-order valence-corrected chi connectivity index (χ4v) is 4.17. The second kappa shape index (κ2) is 6.91. The SMILES string of the molecule is C=CCNC(=O)c1cncc(C(=O)N(C)C2CCS(=O)(=O)C2)c1. The van der Waals surface area contributed by atoms with Gasteiger partial charge in [-0.05, 0) is 12.5 Å². The van der Waals surface area contributed by atoms with Gasteiger partial charge in [-0.2, -0.15) is 0 Å². The molecule has 1 N–H and O–H groups in total. The molecule has 1 atom stereocenters. The Morgan fingerprint density at radius 3 is 2.74 bits per heavy atom. The van der Waals surface area contributed by atoms with Crippen molar-refractivity contribution in [2.45, 2.75) is 12.5 Å². The van der Waals surface area contributed by atoms with Crippen molar-refractivity contribution in [1.29, 1.82) is 0 Å². The quantitative estimate of drug-likeness (QED) is 0.777. The summed E-state index contributed by atoms with van der Waals surface area (Å²) in [5.41, 5.74) is 0.521. The molecule has 2 heterocycles. The van der Waals surface area contributed by atoms with Crippen molar-refractivity contribution >= 4 is 21.7 Å². The fourth-order valence-electron chi connectivity index (χ4n) is 2.40. The number of hydrogen-bond acceptors (Lipinski definition) is 5. The smallest absolute Gasteiger partial charge is 0.255 e. The van der Waals surface area contributed by atoms with E-state index < -0.39 is 9.84 Å². The van der Waals surface area contributed by atoms with Crippen LogP contribution in [0.4, 0.5) is 0 Å². The highest BCUT2D eigenvalue weighted by Gasteiger charge is 2.33. The zero-order valence-corrected chi connectivity index (χ0v) is 13.7. The number of nitrogens with one attached hydrogen (secondary N) is 1. The van der Waals surface area contributed by atoms with E-state index in [2.05, 4.69) is 16.9 Å². The topological polar surface area (TPSA) is 96.4 Å². The van der Waals surface area contributed by atoms with Gasteiger partial charge < -0.3 is 10.2 Å². The van der Waals surface area contributed by atoms with Gasteiger partial charge in [-0.25, -0.2) is 8.42 Å². The van der Waals surface area contributed by atoms with Crippen LogP contribution in [-0.2, 0) is 9.84 Å². The first kappa shape index (κ1) is 17.1. The van der Waals surface area contributed by atoms with Crippen molar-refractivity contribution in [3.63, 3.8) is 0 Å². The number of aromatic nitrogens is 1. The van der Waals surface area contributed by atoms with E-state index in [1.807, 2.05) is 0 Å². The zero-order valence-electron chi connectivity index (χ0n) is 12.9. The highest BCUT2D eigenvalue weighted by molar-refractivity contribution is 7.91. The number of nitrogens with zero attached hydrogens (tertiary/aromatic N) is 2. The van der Waals surface area contributed by atoms with Gasteiger partial charge in [-0.1, -0.05) is 6.08 Å². The predicted molar refractivity (Wildman–Crippen MR) is 85.9 cm³/mol. The Morgan fingerprint density at radius 1 is 1.43 bits per heavy atom. The lowest BCUT2D eigenvalue weighted by molar-refractivity contribution is 0.0747. The van der Waals surface area contributed by atoms with Crippen LogP contribution in [0.25, 0.3) is 0 Å². The molecular formula is C15H19N3O4S. The average molecular weight is 337 g/mol. The Kier molecular flexibility index (Phi) is 5.15. The van der Waals surface area contributed by atoms with Crippen LogP contribution in [0.1, 0.15) is 27.1 Å². The molecule has 1 aliphatic rings. The summed E-state index contributed by atoms with van der Waals surface area (Å²) in [6, 6.07) is 1.11. The van der Waals surface area contributed by atoms with Crippen LogP contribution in [0.15, 0.2) is 31.1 Å². The van der Waals surface area contributed by atoms with E-state index in [4.69, 9.17) is 0 Å². The summed E-state index contributed by atoms with van der Waals surface area (Å²) < 4.78 is 23.1. The first-order chi connectivity index (χ1) is 10.8. The summed E-state index contributed by atoms with van der Waals surface area (Å²) in [7, 11) is -1.50. The maximum atomic E-state index is 12.5. The molecule has 0 spiro atoms. The number of hydrogen-bond donors (Lipinski definition) is 1. The van der Waals surface area contributed by atoms with Crippen molar-refractivity contribution in [2.75, 3.05) is 25.1 Å². The van der Waals surface area contributed by atoms with Gasteiger partial charge in [-0.15, -0.1) is 6.58 Å². The van der Waals surface area contributed by atoms with E-state index in [1.54, 1.807) is 13.1 Å². The van der Waals surface area contributed by atoms with E-state index in [-0.39, 0.29) is 40.5 Å². The van der Waals surface area contributed by atoms with Crippen molar-refractivity contribution in [3.8, 4) is 0 Å². The Labute approximate surface area is 135 Å². The summed E-state index contributed by atoms with van der Waals surface area (Å²) in [5.74, 6) is -0.629. The third kappa shape index (κ3) is 4.16. The monoisotopic (exact) mass is 337 g/mol. The molecule has 1 aromatic heterocycles. The zero-order chi connectivity index (χ0) is 17.0. The van der Waals surface area contributed by atoms with E-state index in [9.17, 15) is 18.0 Å². The largest absolute Gasteiger partial charge is 0.349 e. The van der Waals surface area contributed by atoms with Crippen molar-refractivity contribution < 1.29 is 18.0 Å². The van der Waals surface area contributed by atoms with E-state index in [0.717, 1.165) is 0 Å². The van der Waals surface area contributed by atoms with Crippen LogP contribution in [0.5, 0.6) is 0 Å². The maximum Gasteiger partial charge on any atom is 0.255 e. The molecule has 1 aromatic rings. The molecule has 0 aliphatic carbocycles. The summed E-state index contributed by atoms with van der Waals surface area (Å²) in [4.78, 5) is 29.7. The minimum atomic E-state index is -3.07. The van der Waals surface area contributed by atoms with Crippen LogP contribution in [0.3, 0.4) is 0 Å². The van der Waals surface area contributed by atoms with Crippen LogP contribution in [-0.4, -0.2) is 61.3 Å². The van der Waals surface area contributed by atoms with Crippen LogP contribution < -0.4 is 5.32 Å². The van der Waals surface area contributed by atoms with Gasteiger partial charge in [0, 0.05) is 32.0 Å². The first-order valence-corrected chi connectivity index (χ1v) is 8.98. The highest BCUT2D eigenvalue weighted by Crippen LogP contribution is 2.18. The van der Waals surface area contributed by atoms with Crippen LogP contribution in [0.2, 0.25) is 0 Å². The molecule has 8 heteroatoms. The van der Waals surface area contributed by atoms with E-state index in [1.165, 1.54) is 23.4 Å². The second-order valence-electron chi connectivity index (χ2n) is 5.43. The molecule has 124 valence electrons. The van der Waals surface area contributed by atoms with Gasteiger partial charge in [0.15, 0.2) is 9.84 Å². The van der Waals surface area contributed by atoms with E-state index in [0.29, 0.717) is 13.0 Å². The normalized spacial score (nSPS) is 19.1. The van der Waals surface area contributed by atoms with Gasteiger partial charge >= 0.3 is 0 Å². The Morgan fingerprint density at radius 2 is 2.13 bits per heavy atom. The molecule has 0 bridgehead atoms. The molecule has 0 aromatic carbocycles. The van der Waals surface area contributed by atoms with Crippen molar-refractivity contribution in [3.05, 3.63) is 42.2 Å². The third-order valence-electron chi connectivity index (χ3n) is 3.73. The highest BCUT2D eigenvalue weighted by atomic mass is 32.2. The molecule has 0 saturated carbocycles. The molecular weight excluding hydrogens is 318 g/mol. The van der Waals surface area contributed by atoms with Gasteiger partial charge in [-0.3, -0.25) is 14.6 Å². The molecule has 2 amide bonds. The number of sulfone groups is 1. The van der Waals surface area contributed by atoms with Gasteiger partial charge in [0.05, 0.1) is 22.6 Å². The second-order valence-corrected chi connectivity index (χ2v) is 7.66. The summed E-state index contributed by atoms with van der Waals surface area (Å²) in [6.45, 7) is 3.83. The average Bonchev–Trinajstić information content (AvgIpc) is 2.91. The maximum absolute atomic E-state index is 12.5.